The van der Waals surface area contributed by atoms with Crippen molar-refractivity contribution < 1.29 is 31.7 Å². The van der Waals surface area contributed by atoms with Crippen LogP contribution in [-0.2, 0) is 31.7 Å². The molecule has 0 radical (unpaired) electrons. The normalized spacial score (nSPS) is 20.2. The zero-order valence-corrected chi connectivity index (χ0v) is 25.0. The largest absolute Gasteiger partial charge is 0.529 e. The molecule has 0 aromatic heterocycles. The molecule has 198 valence electrons. The smallest absolute Gasteiger partial charge is 0.408 e. The van der Waals surface area contributed by atoms with Gasteiger partial charge in [-0.2, -0.15) is 0 Å². The van der Waals surface area contributed by atoms with Crippen molar-refractivity contribution in [3.05, 3.63) is 11.1 Å². The molecule has 7 nitrogen and oxygen atoms in total. The molecule has 0 aliphatic rings. The van der Waals surface area contributed by atoms with Crippen LogP contribution in [0.5, 0.6) is 0 Å². The maximum Gasteiger partial charge on any atom is 0.529 e. The van der Waals surface area contributed by atoms with E-state index in [-0.39, 0.29) is 48.3 Å². The molecule has 0 saturated heterocycles. The lowest BCUT2D eigenvalue weighted by Gasteiger charge is -2.25. The van der Waals surface area contributed by atoms with Crippen LogP contribution in [0.2, 0.25) is 0 Å². The fourth-order valence-corrected chi connectivity index (χ4v) is 5.62. The van der Waals surface area contributed by atoms with Gasteiger partial charge in [-0.1, -0.05) is 27.7 Å². The standard InChI is InChI=1S/C20H38Cl4O7P2/c1-7-17(21)11-27-32(25,28-12-18(22)8-2)16(6)15(5)31-33(26,29-13-19(23)9-3)30-14-20(24)10-4/h17-20H,7-14H2,1-6H3/b16-15-. The van der Waals surface area contributed by atoms with Crippen molar-refractivity contribution in [2.75, 3.05) is 26.4 Å². The van der Waals surface area contributed by atoms with Crippen molar-refractivity contribution in [1.29, 1.82) is 0 Å². The van der Waals surface area contributed by atoms with E-state index in [1.807, 2.05) is 27.7 Å². The topological polar surface area (TPSA) is 80.3 Å². The molecule has 4 unspecified atom stereocenters. The van der Waals surface area contributed by atoms with E-state index in [0.717, 1.165) is 0 Å². The molecule has 0 aliphatic carbocycles. The molecule has 0 rings (SSSR count). The lowest BCUT2D eigenvalue weighted by Crippen LogP contribution is -2.14. The van der Waals surface area contributed by atoms with Crippen LogP contribution in [0.1, 0.15) is 67.2 Å². The van der Waals surface area contributed by atoms with Gasteiger partial charge in [-0.05, 0) is 39.5 Å². The Kier molecular flexibility index (Phi) is 18.0. The van der Waals surface area contributed by atoms with Crippen LogP contribution in [0.4, 0.5) is 0 Å². The minimum absolute atomic E-state index is 0.0113. The van der Waals surface area contributed by atoms with Crippen LogP contribution in [0, 0.1) is 0 Å². The fourth-order valence-electron chi connectivity index (χ4n) is 1.92. The molecular formula is C20H38Cl4O7P2. The third-order valence-electron chi connectivity index (χ3n) is 4.62. The van der Waals surface area contributed by atoms with Gasteiger partial charge in [0.25, 0.3) is 0 Å². The maximum absolute atomic E-state index is 13.6. The summed E-state index contributed by atoms with van der Waals surface area (Å²) in [6.07, 6.45) is 2.40. The van der Waals surface area contributed by atoms with Crippen LogP contribution in [0.3, 0.4) is 0 Å². The van der Waals surface area contributed by atoms with Crippen molar-refractivity contribution in [3.8, 4) is 0 Å². The number of rotatable bonds is 19. The Morgan fingerprint density at radius 1 is 0.636 bits per heavy atom. The number of allylic oxidation sites excluding steroid dienone is 2. The van der Waals surface area contributed by atoms with Gasteiger partial charge in [0.2, 0.25) is 0 Å². The summed E-state index contributed by atoms with van der Waals surface area (Å²) in [5, 5.41) is -1.41. The summed E-state index contributed by atoms with van der Waals surface area (Å²) >= 11 is 24.5. The van der Waals surface area contributed by atoms with Gasteiger partial charge in [0, 0.05) is 0 Å². The van der Waals surface area contributed by atoms with Crippen LogP contribution >= 0.6 is 61.8 Å². The number of halogens is 4. The second-order valence-corrected chi connectivity index (χ2v) is 13.6. The van der Waals surface area contributed by atoms with Crippen molar-refractivity contribution in [2.24, 2.45) is 0 Å². The van der Waals surface area contributed by atoms with Crippen molar-refractivity contribution in [3.63, 3.8) is 0 Å². The molecule has 0 bridgehead atoms. The maximum atomic E-state index is 13.6. The second-order valence-electron chi connectivity index (χ2n) is 7.38. The zero-order chi connectivity index (χ0) is 25.7. The Bertz CT molecular complexity index is 645. The average Bonchev–Trinajstić information content (AvgIpc) is 2.81. The van der Waals surface area contributed by atoms with Gasteiger partial charge in [0.15, 0.2) is 0 Å². The molecular weight excluding hydrogens is 556 g/mol. The molecule has 0 aliphatic heterocycles. The SMILES string of the molecule is CCC(Cl)COP(=O)(OCC(Cl)CC)O/C(C)=C(/C)P(=O)(OCC(Cl)CC)OCC(Cl)CC. The highest BCUT2D eigenvalue weighted by molar-refractivity contribution is 7.58. The minimum Gasteiger partial charge on any atom is -0.408 e. The first-order chi connectivity index (χ1) is 15.4. The van der Waals surface area contributed by atoms with Crippen LogP contribution in [0.25, 0.3) is 0 Å². The van der Waals surface area contributed by atoms with Crippen LogP contribution in [0.15, 0.2) is 11.1 Å². The minimum atomic E-state index is -4.13. The predicted octanol–water partition coefficient (Wildman–Crippen LogP) is 8.69. The fraction of sp³-hybridized carbons (Fsp3) is 0.900. The van der Waals surface area contributed by atoms with Gasteiger partial charge in [-0.3, -0.25) is 13.6 Å². The Labute approximate surface area is 219 Å². The second kappa shape index (κ2) is 17.5. The van der Waals surface area contributed by atoms with Crippen LogP contribution in [-0.4, -0.2) is 47.9 Å². The molecule has 0 saturated carbocycles. The predicted molar refractivity (Wildman–Crippen MR) is 138 cm³/mol. The Hall–Kier alpha value is 1.00. The van der Waals surface area contributed by atoms with E-state index < -0.39 is 26.2 Å². The zero-order valence-electron chi connectivity index (χ0n) is 20.2. The summed E-state index contributed by atoms with van der Waals surface area (Å²) in [6, 6.07) is 0. The van der Waals surface area contributed by atoms with Gasteiger partial charge < -0.3 is 13.6 Å². The molecule has 0 N–H and O–H groups in total. The molecule has 0 fully saturated rings. The van der Waals surface area contributed by atoms with Crippen molar-refractivity contribution >= 4 is 61.8 Å². The van der Waals surface area contributed by atoms with E-state index in [4.69, 9.17) is 69.0 Å². The summed E-state index contributed by atoms with van der Waals surface area (Å²) in [6.45, 7) is 10.3. The first-order valence-electron chi connectivity index (χ1n) is 11.1. The quantitative estimate of drug-likeness (QED) is 0.0841. The van der Waals surface area contributed by atoms with Gasteiger partial charge in [-0.25, -0.2) is 4.57 Å². The first kappa shape index (κ1) is 34.0. The van der Waals surface area contributed by atoms with E-state index in [1.54, 1.807) is 0 Å². The third-order valence-corrected chi connectivity index (χ3v) is 9.90. The van der Waals surface area contributed by atoms with Gasteiger partial charge in [0.05, 0.1) is 53.3 Å². The van der Waals surface area contributed by atoms with Crippen molar-refractivity contribution in [2.45, 2.75) is 88.7 Å². The highest BCUT2D eigenvalue weighted by atomic mass is 35.5. The Balaban J connectivity index is 5.82. The summed E-state index contributed by atoms with van der Waals surface area (Å²) in [5.41, 5.74) is 0. The number of hydrogen-bond donors (Lipinski definition) is 0. The molecule has 0 heterocycles. The van der Waals surface area contributed by atoms with Gasteiger partial charge in [-0.15, -0.1) is 46.4 Å². The lowest BCUT2D eigenvalue weighted by atomic mass is 10.4. The highest BCUT2D eigenvalue weighted by Crippen LogP contribution is 2.60. The Morgan fingerprint density at radius 2 is 0.939 bits per heavy atom. The Morgan fingerprint density at radius 3 is 1.24 bits per heavy atom. The molecule has 33 heavy (non-hydrogen) atoms. The summed E-state index contributed by atoms with van der Waals surface area (Å²) in [4.78, 5) is 0. The number of alkyl halides is 4. The number of phosphoric ester groups is 1. The monoisotopic (exact) mass is 592 g/mol. The molecule has 0 aromatic rings. The van der Waals surface area contributed by atoms with E-state index in [9.17, 15) is 9.13 Å². The molecule has 0 aromatic carbocycles. The van der Waals surface area contributed by atoms with E-state index >= 15 is 0 Å². The lowest BCUT2D eigenvalue weighted by molar-refractivity contribution is 0.133. The third kappa shape index (κ3) is 13.8. The van der Waals surface area contributed by atoms with Crippen molar-refractivity contribution in [1.82, 2.24) is 0 Å². The number of hydrogen-bond acceptors (Lipinski definition) is 7. The van der Waals surface area contributed by atoms with E-state index in [1.165, 1.54) is 13.8 Å². The molecule has 0 amide bonds. The first-order valence-corrected chi connectivity index (χ1v) is 15.8. The van der Waals surface area contributed by atoms with Crippen LogP contribution < -0.4 is 0 Å². The van der Waals surface area contributed by atoms with Gasteiger partial charge in [0.1, 0.15) is 5.76 Å². The average molecular weight is 594 g/mol. The molecule has 13 heteroatoms. The highest BCUT2D eigenvalue weighted by Gasteiger charge is 2.36. The summed E-state index contributed by atoms with van der Waals surface area (Å²) in [5.74, 6) is 0.0113. The number of phosphoric acid groups is 1. The van der Waals surface area contributed by atoms with Gasteiger partial charge >= 0.3 is 15.4 Å². The molecule has 0 spiro atoms. The summed E-state index contributed by atoms with van der Waals surface area (Å²) in [7, 11) is -8.00. The molecule has 4 atom stereocenters. The van der Waals surface area contributed by atoms with E-state index in [2.05, 4.69) is 0 Å². The van der Waals surface area contributed by atoms with E-state index in [0.29, 0.717) is 25.7 Å². The summed E-state index contributed by atoms with van der Waals surface area (Å²) < 4.78 is 54.5.